The first kappa shape index (κ1) is 13.7. The van der Waals surface area contributed by atoms with E-state index in [1.165, 1.54) is 4.68 Å². The minimum atomic E-state index is -0.0443. The van der Waals surface area contributed by atoms with Crippen LogP contribution in [0.15, 0.2) is 41.7 Å². The van der Waals surface area contributed by atoms with Crippen molar-refractivity contribution in [3.05, 3.63) is 47.3 Å². The van der Waals surface area contributed by atoms with E-state index in [1.807, 2.05) is 6.07 Å². The quantitative estimate of drug-likeness (QED) is 0.779. The second-order valence-corrected chi connectivity index (χ2v) is 4.98. The molecular weight excluding hydrogens is 268 g/mol. The fourth-order valence-electron chi connectivity index (χ4n) is 2.46. The zero-order valence-electron chi connectivity index (χ0n) is 11.8. The largest absolute Gasteiger partial charge is 0.354 e. The number of piperazine rings is 1. The van der Waals surface area contributed by atoms with Crippen molar-refractivity contribution in [1.29, 1.82) is 0 Å². The topological polar surface area (TPSA) is 67.2 Å². The molecule has 0 amide bonds. The molecule has 0 saturated carbocycles. The van der Waals surface area contributed by atoms with Crippen molar-refractivity contribution in [2.24, 2.45) is 0 Å². The maximum atomic E-state index is 11.6. The lowest BCUT2D eigenvalue weighted by atomic mass is 10.3. The normalized spacial score (nSPS) is 16.1. The standard InChI is InChI=1S/C14H18N6O/c21-14-2-1-4-17-20(14)11-8-18-6-9-19(10-7-18)13-3-5-15-12-16-13/h1-5,12H,6-11H2. The Morgan fingerprint density at radius 3 is 2.62 bits per heavy atom. The van der Waals surface area contributed by atoms with Crippen LogP contribution in [0.2, 0.25) is 0 Å². The molecule has 0 spiro atoms. The van der Waals surface area contributed by atoms with E-state index < -0.39 is 0 Å². The Labute approximate surface area is 122 Å². The Hall–Kier alpha value is -2.28. The molecule has 1 aliphatic heterocycles. The van der Waals surface area contributed by atoms with Crippen LogP contribution >= 0.6 is 0 Å². The lowest BCUT2D eigenvalue weighted by Gasteiger charge is -2.35. The van der Waals surface area contributed by atoms with Gasteiger partial charge in [0.25, 0.3) is 5.56 Å². The van der Waals surface area contributed by atoms with Crippen molar-refractivity contribution < 1.29 is 0 Å². The third-order valence-electron chi connectivity index (χ3n) is 3.68. The van der Waals surface area contributed by atoms with Gasteiger partial charge in [-0.15, -0.1) is 0 Å². The first-order chi connectivity index (χ1) is 10.3. The summed E-state index contributed by atoms with van der Waals surface area (Å²) in [6.07, 6.45) is 4.99. The van der Waals surface area contributed by atoms with Gasteiger partial charge in [-0.3, -0.25) is 9.69 Å². The van der Waals surface area contributed by atoms with Crippen LogP contribution < -0.4 is 10.5 Å². The van der Waals surface area contributed by atoms with Gasteiger partial charge in [0.2, 0.25) is 0 Å². The van der Waals surface area contributed by atoms with Crippen LogP contribution in [0, 0.1) is 0 Å². The molecule has 0 aliphatic carbocycles. The summed E-state index contributed by atoms with van der Waals surface area (Å²) in [5.41, 5.74) is -0.0443. The number of hydrogen-bond acceptors (Lipinski definition) is 6. The molecule has 0 N–H and O–H groups in total. The molecule has 0 radical (unpaired) electrons. The number of rotatable bonds is 4. The van der Waals surface area contributed by atoms with E-state index in [0.29, 0.717) is 6.54 Å². The zero-order valence-corrected chi connectivity index (χ0v) is 11.8. The van der Waals surface area contributed by atoms with Gasteiger partial charge in [0.05, 0.1) is 6.54 Å². The summed E-state index contributed by atoms with van der Waals surface area (Å²) in [5, 5.41) is 4.08. The first-order valence-electron chi connectivity index (χ1n) is 7.08. The third-order valence-corrected chi connectivity index (χ3v) is 3.68. The maximum absolute atomic E-state index is 11.6. The maximum Gasteiger partial charge on any atom is 0.266 e. The number of nitrogens with zero attached hydrogens (tertiary/aromatic N) is 6. The fourth-order valence-corrected chi connectivity index (χ4v) is 2.46. The Morgan fingerprint density at radius 1 is 1.05 bits per heavy atom. The second-order valence-electron chi connectivity index (χ2n) is 4.98. The molecule has 1 aliphatic rings. The molecule has 0 atom stereocenters. The van der Waals surface area contributed by atoms with Crippen LogP contribution in [0.1, 0.15) is 0 Å². The third kappa shape index (κ3) is 3.43. The van der Waals surface area contributed by atoms with Crippen LogP contribution in [0.5, 0.6) is 0 Å². The van der Waals surface area contributed by atoms with E-state index in [2.05, 4.69) is 24.9 Å². The Morgan fingerprint density at radius 2 is 1.90 bits per heavy atom. The van der Waals surface area contributed by atoms with Crippen LogP contribution in [0.25, 0.3) is 0 Å². The summed E-state index contributed by atoms with van der Waals surface area (Å²) in [4.78, 5) is 24.4. The van der Waals surface area contributed by atoms with E-state index in [0.717, 1.165) is 38.5 Å². The fraction of sp³-hybridized carbons (Fsp3) is 0.429. The summed E-state index contributed by atoms with van der Waals surface area (Å²) < 4.78 is 1.51. The van der Waals surface area contributed by atoms with E-state index in [4.69, 9.17) is 0 Å². The van der Waals surface area contributed by atoms with Gasteiger partial charge in [-0.25, -0.2) is 14.6 Å². The van der Waals surface area contributed by atoms with Crippen molar-refractivity contribution in [1.82, 2.24) is 24.6 Å². The average Bonchev–Trinajstić information content (AvgIpc) is 2.55. The van der Waals surface area contributed by atoms with Crippen molar-refractivity contribution >= 4 is 5.82 Å². The Bertz CT molecular complexity index is 621. The molecule has 2 aromatic heterocycles. The highest BCUT2D eigenvalue weighted by Crippen LogP contribution is 2.11. The van der Waals surface area contributed by atoms with Crippen molar-refractivity contribution in [3.63, 3.8) is 0 Å². The summed E-state index contributed by atoms with van der Waals surface area (Å²) >= 11 is 0. The Kier molecular flexibility index (Phi) is 4.20. The van der Waals surface area contributed by atoms with Gasteiger partial charge in [0, 0.05) is 51.2 Å². The molecule has 2 aromatic rings. The number of hydrogen-bond donors (Lipinski definition) is 0. The lowest BCUT2D eigenvalue weighted by Crippen LogP contribution is -2.48. The SMILES string of the molecule is O=c1cccnn1CCN1CCN(c2ccncn2)CC1. The molecule has 0 unspecified atom stereocenters. The molecule has 110 valence electrons. The number of aromatic nitrogens is 4. The molecule has 1 fully saturated rings. The van der Waals surface area contributed by atoms with E-state index in [9.17, 15) is 4.79 Å². The van der Waals surface area contributed by atoms with Gasteiger partial charge in [0.15, 0.2) is 0 Å². The van der Waals surface area contributed by atoms with Gasteiger partial charge in [-0.05, 0) is 12.1 Å². The highest BCUT2D eigenvalue weighted by molar-refractivity contribution is 5.36. The molecule has 7 heteroatoms. The monoisotopic (exact) mass is 286 g/mol. The Balaban J connectivity index is 1.50. The van der Waals surface area contributed by atoms with Crippen LogP contribution in [-0.2, 0) is 6.54 Å². The second kappa shape index (κ2) is 6.45. The van der Waals surface area contributed by atoms with Crippen LogP contribution in [0.3, 0.4) is 0 Å². The predicted octanol–water partition coefficient (Wildman–Crippen LogP) is -0.144. The molecule has 0 aromatic carbocycles. The molecular formula is C14H18N6O. The highest BCUT2D eigenvalue weighted by Gasteiger charge is 2.17. The minimum absolute atomic E-state index is 0.0443. The van der Waals surface area contributed by atoms with Gasteiger partial charge >= 0.3 is 0 Å². The van der Waals surface area contributed by atoms with Crippen molar-refractivity contribution in [3.8, 4) is 0 Å². The smallest absolute Gasteiger partial charge is 0.266 e. The lowest BCUT2D eigenvalue weighted by molar-refractivity contribution is 0.242. The predicted molar refractivity (Wildman–Crippen MR) is 79.2 cm³/mol. The van der Waals surface area contributed by atoms with E-state index in [1.54, 1.807) is 30.9 Å². The molecule has 1 saturated heterocycles. The molecule has 3 rings (SSSR count). The molecule has 21 heavy (non-hydrogen) atoms. The van der Waals surface area contributed by atoms with E-state index in [-0.39, 0.29) is 5.56 Å². The summed E-state index contributed by atoms with van der Waals surface area (Å²) in [7, 11) is 0. The molecule has 3 heterocycles. The van der Waals surface area contributed by atoms with Crippen LogP contribution in [0.4, 0.5) is 5.82 Å². The first-order valence-corrected chi connectivity index (χ1v) is 7.08. The van der Waals surface area contributed by atoms with E-state index >= 15 is 0 Å². The van der Waals surface area contributed by atoms with Gasteiger partial charge < -0.3 is 4.90 Å². The zero-order chi connectivity index (χ0) is 14.5. The van der Waals surface area contributed by atoms with Crippen molar-refractivity contribution in [2.45, 2.75) is 6.54 Å². The highest BCUT2D eigenvalue weighted by atomic mass is 16.1. The van der Waals surface area contributed by atoms with Gasteiger partial charge in [-0.1, -0.05) is 0 Å². The average molecular weight is 286 g/mol. The van der Waals surface area contributed by atoms with Crippen molar-refractivity contribution in [2.75, 3.05) is 37.6 Å². The number of anilines is 1. The molecule has 7 nitrogen and oxygen atoms in total. The summed E-state index contributed by atoms with van der Waals surface area (Å²) in [5.74, 6) is 0.977. The minimum Gasteiger partial charge on any atom is -0.354 e. The summed E-state index contributed by atoms with van der Waals surface area (Å²) in [6, 6.07) is 5.14. The summed E-state index contributed by atoms with van der Waals surface area (Å²) in [6.45, 7) is 5.28. The van der Waals surface area contributed by atoms with Gasteiger partial charge in [-0.2, -0.15) is 5.10 Å². The van der Waals surface area contributed by atoms with Gasteiger partial charge in [0.1, 0.15) is 12.1 Å². The molecule has 0 bridgehead atoms. The van der Waals surface area contributed by atoms with Crippen LogP contribution in [-0.4, -0.2) is 57.4 Å².